The van der Waals surface area contributed by atoms with Crippen molar-refractivity contribution in [3.63, 3.8) is 0 Å². The van der Waals surface area contributed by atoms with Crippen LogP contribution in [0.4, 0.5) is 4.79 Å². The van der Waals surface area contributed by atoms with Crippen LogP contribution < -0.4 is 0 Å². The van der Waals surface area contributed by atoms with Gasteiger partial charge in [-0.25, -0.2) is 4.79 Å². The van der Waals surface area contributed by atoms with Crippen molar-refractivity contribution >= 4 is 22.9 Å². The Labute approximate surface area is 105 Å². The van der Waals surface area contributed by atoms with Crippen molar-refractivity contribution in [1.82, 2.24) is 4.98 Å². The molecule has 5 heteroatoms. The van der Waals surface area contributed by atoms with Crippen LogP contribution in [0.15, 0.2) is 29.4 Å². The second kappa shape index (κ2) is 5.82. The van der Waals surface area contributed by atoms with Gasteiger partial charge in [0.15, 0.2) is 0 Å². The minimum Gasteiger partial charge on any atom is -0.442 e. The monoisotopic (exact) mass is 252 g/mol. The first-order chi connectivity index (χ1) is 7.92. The summed E-state index contributed by atoms with van der Waals surface area (Å²) in [5, 5.41) is 0.555. The molecule has 0 saturated heterocycles. The molecule has 0 aliphatic carbocycles. The van der Waals surface area contributed by atoms with E-state index < -0.39 is 11.7 Å². The number of carbonyl (C=O) groups is 1. The smallest absolute Gasteiger partial charge is 0.435 e. The molecule has 0 N–H and O–H groups in total. The second-order valence-electron chi connectivity index (χ2n) is 4.32. The van der Waals surface area contributed by atoms with Gasteiger partial charge in [0.25, 0.3) is 0 Å². The Kier molecular flexibility index (Phi) is 4.69. The molecule has 0 aliphatic heterocycles. The molecule has 4 nitrogen and oxygen atoms in total. The van der Waals surface area contributed by atoms with Crippen LogP contribution in [-0.2, 0) is 4.74 Å². The van der Waals surface area contributed by atoms with E-state index in [-0.39, 0.29) is 0 Å². The molecular formula is C12H16N2O2S. The summed E-state index contributed by atoms with van der Waals surface area (Å²) in [5.74, 6) is 0. The molecule has 1 aromatic heterocycles. The molecule has 0 aromatic carbocycles. The third kappa shape index (κ3) is 4.99. The number of hydrogen-bond acceptors (Lipinski definition) is 4. The number of nitrogens with zero attached hydrogens (tertiary/aromatic N) is 2. The SMILES string of the molecule is CS/C(=N\C(=O)OC(C)(C)C)c1ccccn1. The number of aromatic nitrogens is 1. The lowest BCUT2D eigenvalue weighted by Gasteiger charge is -2.17. The van der Waals surface area contributed by atoms with Gasteiger partial charge >= 0.3 is 6.09 Å². The van der Waals surface area contributed by atoms with Gasteiger partial charge in [-0.2, -0.15) is 4.99 Å². The topological polar surface area (TPSA) is 51.5 Å². The molecule has 0 radical (unpaired) electrons. The molecular weight excluding hydrogens is 236 g/mol. The highest BCUT2D eigenvalue weighted by molar-refractivity contribution is 8.13. The number of rotatable bonds is 1. The van der Waals surface area contributed by atoms with Gasteiger partial charge in [-0.05, 0) is 39.2 Å². The normalized spacial score (nSPS) is 12.4. The minimum atomic E-state index is -0.590. The Morgan fingerprint density at radius 2 is 2.12 bits per heavy atom. The van der Waals surface area contributed by atoms with Crippen LogP contribution in [0, 0.1) is 0 Å². The standard InChI is InChI=1S/C12H16N2O2S/c1-12(2,3)16-11(15)14-10(17-4)9-7-5-6-8-13-9/h5-8H,1-4H3/b14-10-. The zero-order valence-corrected chi connectivity index (χ0v) is 11.2. The molecule has 1 rings (SSSR count). The van der Waals surface area contributed by atoms with E-state index >= 15 is 0 Å². The summed E-state index contributed by atoms with van der Waals surface area (Å²) in [7, 11) is 0. The van der Waals surface area contributed by atoms with Crippen molar-refractivity contribution in [3.05, 3.63) is 30.1 Å². The molecule has 0 saturated carbocycles. The van der Waals surface area contributed by atoms with Gasteiger partial charge < -0.3 is 4.74 Å². The summed E-state index contributed by atoms with van der Waals surface area (Å²) < 4.78 is 5.12. The first kappa shape index (κ1) is 13.7. The predicted octanol–water partition coefficient (Wildman–Crippen LogP) is 3.13. The highest BCUT2D eigenvalue weighted by atomic mass is 32.2. The lowest BCUT2D eigenvalue weighted by atomic mass is 10.2. The van der Waals surface area contributed by atoms with E-state index in [1.54, 1.807) is 33.0 Å². The largest absolute Gasteiger partial charge is 0.442 e. The maximum atomic E-state index is 11.6. The molecule has 92 valence electrons. The molecule has 17 heavy (non-hydrogen) atoms. The highest BCUT2D eigenvalue weighted by Gasteiger charge is 2.16. The Bertz CT molecular complexity index is 410. The number of thioether (sulfide) groups is 1. The molecule has 1 heterocycles. The molecule has 0 bridgehead atoms. The highest BCUT2D eigenvalue weighted by Crippen LogP contribution is 2.12. The Morgan fingerprint density at radius 3 is 2.59 bits per heavy atom. The Balaban J connectivity index is 2.85. The van der Waals surface area contributed by atoms with Gasteiger partial charge in [0.1, 0.15) is 10.6 Å². The fourth-order valence-corrected chi connectivity index (χ4v) is 1.56. The van der Waals surface area contributed by atoms with Crippen LogP contribution in [0.3, 0.4) is 0 Å². The summed E-state index contributed by atoms with van der Waals surface area (Å²) in [4.78, 5) is 19.6. The van der Waals surface area contributed by atoms with E-state index in [1.807, 2.05) is 18.4 Å². The summed E-state index contributed by atoms with van der Waals surface area (Å²) in [6.07, 6.45) is 2.92. The van der Waals surface area contributed by atoms with Gasteiger partial charge in [0, 0.05) is 6.20 Å². The van der Waals surface area contributed by atoms with E-state index in [2.05, 4.69) is 9.98 Å². The van der Waals surface area contributed by atoms with Crippen molar-refractivity contribution < 1.29 is 9.53 Å². The van der Waals surface area contributed by atoms with E-state index in [1.165, 1.54) is 11.8 Å². The fourth-order valence-electron chi connectivity index (χ4n) is 1.06. The average Bonchev–Trinajstić information content (AvgIpc) is 2.24. The van der Waals surface area contributed by atoms with Crippen LogP contribution >= 0.6 is 11.8 Å². The number of hydrogen-bond donors (Lipinski definition) is 0. The maximum Gasteiger partial charge on any atom is 0.435 e. The summed E-state index contributed by atoms with van der Waals surface area (Å²) in [6.45, 7) is 5.42. The van der Waals surface area contributed by atoms with Crippen LogP contribution in [0.1, 0.15) is 26.5 Å². The molecule has 1 amide bonds. The number of carbonyl (C=O) groups excluding carboxylic acids is 1. The zero-order valence-electron chi connectivity index (χ0n) is 10.4. The summed E-state index contributed by atoms with van der Waals surface area (Å²) >= 11 is 1.36. The van der Waals surface area contributed by atoms with Crippen molar-refractivity contribution in [2.45, 2.75) is 26.4 Å². The van der Waals surface area contributed by atoms with Crippen molar-refractivity contribution in [3.8, 4) is 0 Å². The second-order valence-corrected chi connectivity index (χ2v) is 5.11. The third-order valence-electron chi connectivity index (χ3n) is 1.66. The van der Waals surface area contributed by atoms with Crippen LogP contribution in [0.25, 0.3) is 0 Å². The maximum absolute atomic E-state index is 11.6. The third-order valence-corrected chi connectivity index (χ3v) is 2.35. The molecule has 0 atom stereocenters. The number of aliphatic imine (C=N–C) groups is 1. The van der Waals surface area contributed by atoms with Gasteiger partial charge in [-0.15, -0.1) is 11.8 Å². The summed E-state index contributed by atoms with van der Waals surface area (Å²) in [5.41, 5.74) is 0.139. The first-order valence-corrected chi connectivity index (χ1v) is 6.42. The molecule has 0 spiro atoms. The zero-order chi connectivity index (χ0) is 12.9. The van der Waals surface area contributed by atoms with Gasteiger partial charge in [0.2, 0.25) is 0 Å². The molecule has 0 unspecified atom stereocenters. The first-order valence-electron chi connectivity index (χ1n) is 5.19. The van der Waals surface area contributed by atoms with E-state index in [4.69, 9.17) is 4.74 Å². The Morgan fingerprint density at radius 1 is 1.41 bits per heavy atom. The summed E-state index contributed by atoms with van der Waals surface area (Å²) in [6, 6.07) is 5.47. The van der Waals surface area contributed by atoms with Gasteiger partial charge in [-0.1, -0.05) is 6.07 Å². The van der Waals surface area contributed by atoms with Gasteiger partial charge in [0.05, 0.1) is 5.69 Å². The quantitative estimate of drug-likeness (QED) is 0.569. The molecule has 0 aliphatic rings. The van der Waals surface area contributed by atoms with Crippen LogP contribution in [0.5, 0.6) is 0 Å². The van der Waals surface area contributed by atoms with Crippen LogP contribution in [0.2, 0.25) is 0 Å². The Hall–Kier alpha value is -1.36. The molecule has 1 aromatic rings. The van der Waals surface area contributed by atoms with E-state index in [9.17, 15) is 4.79 Å². The van der Waals surface area contributed by atoms with E-state index in [0.717, 1.165) is 0 Å². The van der Waals surface area contributed by atoms with Crippen molar-refractivity contribution in [2.75, 3.05) is 6.26 Å². The van der Waals surface area contributed by atoms with E-state index in [0.29, 0.717) is 10.7 Å². The van der Waals surface area contributed by atoms with Crippen LogP contribution in [-0.4, -0.2) is 28.0 Å². The molecule has 0 fully saturated rings. The minimum absolute atomic E-state index is 0.534. The van der Waals surface area contributed by atoms with Gasteiger partial charge in [-0.3, -0.25) is 4.98 Å². The van der Waals surface area contributed by atoms with Crippen molar-refractivity contribution in [1.29, 1.82) is 0 Å². The average molecular weight is 252 g/mol. The lowest BCUT2D eigenvalue weighted by Crippen LogP contribution is -2.22. The number of pyridine rings is 1. The number of ether oxygens (including phenoxy) is 1. The number of amides is 1. The fraction of sp³-hybridized carbons (Fsp3) is 0.417. The lowest BCUT2D eigenvalue weighted by molar-refractivity contribution is 0.0605. The van der Waals surface area contributed by atoms with Crippen molar-refractivity contribution in [2.24, 2.45) is 4.99 Å². The predicted molar refractivity (Wildman–Crippen MR) is 70.5 cm³/mol.